The van der Waals surface area contributed by atoms with Crippen molar-refractivity contribution in [3.63, 3.8) is 0 Å². The fraction of sp³-hybridized carbons (Fsp3) is 0.294. The van der Waals surface area contributed by atoms with Crippen LogP contribution in [0.2, 0.25) is 0 Å². The van der Waals surface area contributed by atoms with Crippen molar-refractivity contribution in [1.82, 2.24) is 15.1 Å². The number of amides is 2. The van der Waals surface area contributed by atoms with Crippen LogP contribution in [0.25, 0.3) is 5.69 Å². The molecule has 0 fully saturated rings. The van der Waals surface area contributed by atoms with Gasteiger partial charge in [0, 0.05) is 0 Å². The number of para-hydroxylation sites is 1. The molecule has 0 bridgehead atoms. The number of carbonyl (C=O) groups is 3. The van der Waals surface area contributed by atoms with Crippen LogP contribution in [-0.4, -0.2) is 34.2 Å². The molecule has 1 aliphatic rings. The second-order valence-electron chi connectivity index (χ2n) is 5.73. The number of aromatic nitrogens is 2. The number of nitrogens with one attached hydrogen (secondary N) is 1. The molecule has 130 valence electrons. The van der Waals surface area contributed by atoms with Crippen molar-refractivity contribution >= 4 is 23.6 Å². The van der Waals surface area contributed by atoms with Crippen molar-refractivity contribution in [3.8, 4) is 5.69 Å². The number of anilines is 1. The number of nitrogens with zero attached hydrogens (tertiary/aromatic N) is 2. The Morgan fingerprint density at radius 3 is 2.68 bits per heavy atom. The summed E-state index contributed by atoms with van der Waals surface area (Å²) in [7, 11) is 0. The predicted molar refractivity (Wildman–Crippen MR) is 89.0 cm³/mol. The van der Waals surface area contributed by atoms with Gasteiger partial charge in [0.05, 0.1) is 29.8 Å². The Kier molecular flexibility index (Phi) is 4.26. The summed E-state index contributed by atoms with van der Waals surface area (Å²) in [4.78, 5) is 36.7. The minimum Gasteiger partial charge on any atom is -0.466 e. The van der Waals surface area contributed by atoms with Crippen molar-refractivity contribution < 1.29 is 19.1 Å². The van der Waals surface area contributed by atoms with Gasteiger partial charge in [0.1, 0.15) is 11.4 Å². The lowest BCUT2D eigenvalue weighted by Gasteiger charge is -2.24. The monoisotopic (exact) mass is 342 g/mol. The molecular formula is C17H18N4O4. The molecule has 8 nitrogen and oxygen atoms in total. The molecule has 1 aromatic heterocycles. The SMILES string of the molecule is CCOC(=O)C(C)C1C(=O)NC(=O)c2c1nn(-c1ccccc1)c2N. The van der Waals surface area contributed by atoms with Gasteiger partial charge in [0.2, 0.25) is 5.91 Å². The van der Waals surface area contributed by atoms with Gasteiger partial charge >= 0.3 is 5.97 Å². The summed E-state index contributed by atoms with van der Waals surface area (Å²) in [5, 5.41) is 6.62. The molecule has 2 aromatic rings. The van der Waals surface area contributed by atoms with Crippen LogP contribution in [0.5, 0.6) is 0 Å². The quantitative estimate of drug-likeness (QED) is 0.633. The average molecular weight is 342 g/mol. The van der Waals surface area contributed by atoms with Crippen LogP contribution in [0.3, 0.4) is 0 Å². The van der Waals surface area contributed by atoms with Gasteiger partial charge in [-0.25, -0.2) is 4.68 Å². The van der Waals surface area contributed by atoms with Crippen molar-refractivity contribution in [2.45, 2.75) is 19.8 Å². The number of imide groups is 1. The van der Waals surface area contributed by atoms with Gasteiger partial charge < -0.3 is 10.5 Å². The third-order valence-corrected chi connectivity index (χ3v) is 4.15. The fourth-order valence-corrected chi connectivity index (χ4v) is 2.92. The molecule has 2 heterocycles. The van der Waals surface area contributed by atoms with Crippen molar-refractivity contribution in [3.05, 3.63) is 41.6 Å². The van der Waals surface area contributed by atoms with E-state index in [0.717, 1.165) is 0 Å². The fourth-order valence-electron chi connectivity index (χ4n) is 2.92. The number of nitrogen functional groups attached to an aromatic ring is 1. The van der Waals surface area contributed by atoms with Gasteiger partial charge in [-0.1, -0.05) is 25.1 Å². The highest BCUT2D eigenvalue weighted by Crippen LogP contribution is 2.34. The Bertz CT molecular complexity index is 844. The van der Waals surface area contributed by atoms with Gasteiger partial charge in [0.25, 0.3) is 5.91 Å². The molecule has 0 saturated heterocycles. The summed E-state index contributed by atoms with van der Waals surface area (Å²) in [5.41, 5.74) is 7.06. The summed E-state index contributed by atoms with van der Waals surface area (Å²) >= 11 is 0. The van der Waals surface area contributed by atoms with Gasteiger partial charge in [-0.15, -0.1) is 0 Å². The smallest absolute Gasteiger partial charge is 0.309 e. The lowest BCUT2D eigenvalue weighted by molar-refractivity contribution is -0.150. The normalized spacial score (nSPS) is 17.6. The molecule has 0 radical (unpaired) electrons. The van der Waals surface area contributed by atoms with E-state index in [4.69, 9.17) is 10.5 Å². The zero-order valence-corrected chi connectivity index (χ0v) is 13.9. The van der Waals surface area contributed by atoms with E-state index in [1.54, 1.807) is 38.1 Å². The third-order valence-electron chi connectivity index (χ3n) is 4.15. The lowest BCUT2D eigenvalue weighted by atomic mass is 9.85. The third kappa shape index (κ3) is 2.75. The highest BCUT2D eigenvalue weighted by molar-refractivity contribution is 6.14. The van der Waals surface area contributed by atoms with Crippen molar-refractivity contribution in [2.24, 2.45) is 5.92 Å². The highest BCUT2D eigenvalue weighted by atomic mass is 16.5. The zero-order chi connectivity index (χ0) is 18.1. The number of fused-ring (bicyclic) bond motifs is 1. The Hall–Kier alpha value is -3.16. The van der Waals surface area contributed by atoms with Crippen LogP contribution in [0, 0.1) is 5.92 Å². The Balaban J connectivity index is 2.11. The van der Waals surface area contributed by atoms with Crippen LogP contribution in [-0.2, 0) is 14.3 Å². The van der Waals surface area contributed by atoms with E-state index in [0.29, 0.717) is 5.69 Å². The highest BCUT2D eigenvalue weighted by Gasteiger charge is 2.43. The summed E-state index contributed by atoms with van der Waals surface area (Å²) < 4.78 is 6.40. The molecule has 1 aromatic carbocycles. The molecule has 2 atom stereocenters. The number of rotatable bonds is 4. The van der Waals surface area contributed by atoms with E-state index < -0.39 is 29.6 Å². The standard InChI is InChI=1S/C17H18N4O4/c1-3-25-17(24)9(2)11-13-12(16(23)19-15(11)22)14(18)21(20-13)10-7-5-4-6-8-10/h4-9,11H,3,18H2,1-2H3,(H,19,22,23). The zero-order valence-electron chi connectivity index (χ0n) is 13.9. The first-order valence-electron chi connectivity index (χ1n) is 7.91. The largest absolute Gasteiger partial charge is 0.466 e. The van der Waals surface area contributed by atoms with E-state index in [1.165, 1.54) is 4.68 Å². The predicted octanol–water partition coefficient (Wildman–Crippen LogP) is 1.01. The Labute approximate surface area is 143 Å². The summed E-state index contributed by atoms with van der Waals surface area (Å²) in [6, 6.07) is 9.00. The van der Waals surface area contributed by atoms with Crippen LogP contribution < -0.4 is 11.1 Å². The van der Waals surface area contributed by atoms with Gasteiger partial charge in [0.15, 0.2) is 0 Å². The summed E-state index contributed by atoms with van der Waals surface area (Å²) in [6.45, 7) is 3.45. The van der Waals surface area contributed by atoms with Crippen LogP contribution in [0.1, 0.15) is 35.8 Å². The summed E-state index contributed by atoms with van der Waals surface area (Å²) in [5.74, 6) is -3.37. The molecule has 8 heteroatoms. The first-order chi connectivity index (χ1) is 12.0. The van der Waals surface area contributed by atoms with E-state index in [1.807, 2.05) is 6.07 Å². The molecule has 0 aliphatic carbocycles. The van der Waals surface area contributed by atoms with Gasteiger partial charge in [-0.05, 0) is 19.1 Å². The number of nitrogens with two attached hydrogens (primary N) is 1. The molecule has 2 unspecified atom stereocenters. The Morgan fingerprint density at radius 1 is 1.36 bits per heavy atom. The number of esters is 1. The number of hydrogen-bond donors (Lipinski definition) is 2. The first-order valence-corrected chi connectivity index (χ1v) is 7.91. The topological polar surface area (TPSA) is 116 Å². The molecule has 3 N–H and O–H groups in total. The maximum atomic E-state index is 12.3. The second-order valence-corrected chi connectivity index (χ2v) is 5.73. The number of benzene rings is 1. The molecule has 0 spiro atoms. The Morgan fingerprint density at radius 2 is 2.04 bits per heavy atom. The van der Waals surface area contributed by atoms with Crippen LogP contribution in [0.15, 0.2) is 30.3 Å². The lowest BCUT2D eigenvalue weighted by Crippen LogP contribution is -2.44. The molecule has 2 amide bonds. The van der Waals surface area contributed by atoms with E-state index in [2.05, 4.69) is 10.4 Å². The van der Waals surface area contributed by atoms with Crippen molar-refractivity contribution in [2.75, 3.05) is 12.3 Å². The summed E-state index contributed by atoms with van der Waals surface area (Å²) in [6.07, 6.45) is 0. The van der Waals surface area contributed by atoms with E-state index in [-0.39, 0.29) is 23.7 Å². The number of hydrogen-bond acceptors (Lipinski definition) is 6. The first kappa shape index (κ1) is 16.7. The van der Waals surface area contributed by atoms with E-state index >= 15 is 0 Å². The molecule has 3 rings (SSSR count). The minimum absolute atomic E-state index is 0.115. The van der Waals surface area contributed by atoms with E-state index in [9.17, 15) is 14.4 Å². The molecule has 25 heavy (non-hydrogen) atoms. The van der Waals surface area contributed by atoms with Crippen LogP contribution >= 0.6 is 0 Å². The second kappa shape index (κ2) is 6.39. The maximum absolute atomic E-state index is 12.3. The number of ether oxygens (including phenoxy) is 1. The van der Waals surface area contributed by atoms with Gasteiger partial charge in [-0.3, -0.25) is 19.7 Å². The van der Waals surface area contributed by atoms with Crippen LogP contribution in [0.4, 0.5) is 5.82 Å². The number of carbonyl (C=O) groups excluding carboxylic acids is 3. The molecule has 1 aliphatic heterocycles. The molecular weight excluding hydrogens is 324 g/mol. The molecule has 0 saturated carbocycles. The average Bonchev–Trinajstić information content (AvgIpc) is 2.93. The maximum Gasteiger partial charge on any atom is 0.309 e. The van der Waals surface area contributed by atoms with Gasteiger partial charge in [-0.2, -0.15) is 5.10 Å². The van der Waals surface area contributed by atoms with Crippen molar-refractivity contribution in [1.29, 1.82) is 0 Å². The minimum atomic E-state index is -0.945.